The molecule has 3 rings (SSSR count). The van der Waals surface area contributed by atoms with Crippen molar-refractivity contribution in [2.24, 2.45) is 9.39 Å². The van der Waals surface area contributed by atoms with Gasteiger partial charge in [0.05, 0.1) is 17.5 Å². The molecule has 0 radical (unpaired) electrons. The largest absolute Gasteiger partial charge is 0.283 e. The molecule has 1 amide bonds. The van der Waals surface area contributed by atoms with Gasteiger partial charge in [-0.05, 0) is 23.8 Å². The maximum Gasteiger partial charge on any atom is 0.283 e. The predicted molar refractivity (Wildman–Crippen MR) is 94.0 cm³/mol. The lowest BCUT2D eigenvalue weighted by molar-refractivity contribution is -0.114. The topological polar surface area (TPSA) is 103 Å². The Bertz CT molecular complexity index is 917. The minimum Gasteiger partial charge on any atom is -0.283 e. The van der Waals surface area contributed by atoms with Crippen LogP contribution in [0, 0.1) is 5.41 Å². The molecule has 7 nitrogen and oxygen atoms in total. The number of rotatable bonds is 1. The predicted octanol–water partition coefficient (Wildman–Crippen LogP) is 2.07. The first-order valence-electron chi connectivity index (χ1n) is 6.22. The van der Waals surface area contributed by atoms with E-state index in [1.54, 1.807) is 24.3 Å². The van der Waals surface area contributed by atoms with E-state index >= 15 is 0 Å². The quantitative estimate of drug-likeness (QED) is 0.561. The zero-order valence-electron chi connectivity index (χ0n) is 11.6. The number of carbonyl (C=O) groups excluding carboxylic acids is 1. The van der Waals surface area contributed by atoms with Crippen LogP contribution in [0.25, 0.3) is 6.08 Å². The molecule has 2 aliphatic rings. The highest BCUT2D eigenvalue weighted by Crippen LogP contribution is 2.29. The first kappa shape index (κ1) is 16.1. The van der Waals surface area contributed by atoms with Gasteiger partial charge in [0.2, 0.25) is 20.2 Å². The van der Waals surface area contributed by atoms with E-state index in [-0.39, 0.29) is 21.7 Å². The number of carbonyl (C=O) groups is 1. The number of amidine groups is 3. The second-order valence-electron chi connectivity index (χ2n) is 4.73. The molecule has 1 aromatic rings. The summed E-state index contributed by atoms with van der Waals surface area (Å²) < 4.78 is 28.2. The van der Waals surface area contributed by atoms with Crippen molar-refractivity contribution < 1.29 is 13.2 Å². The second kappa shape index (κ2) is 5.69. The summed E-state index contributed by atoms with van der Waals surface area (Å²) in [5, 5.41) is 7.98. The number of hydrogen-bond acceptors (Lipinski definition) is 6. The molecule has 1 N–H and O–H groups in total. The average Bonchev–Trinajstić information content (AvgIpc) is 2.89. The van der Waals surface area contributed by atoms with Crippen LogP contribution >= 0.6 is 27.9 Å². The Morgan fingerprint density at radius 3 is 2.57 bits per heavy atom. The number of nitrogens with zero attached hydrogens (tertiary/aromatic N) is 3. The van der Waals surface area contributed by atoms with Crippen LogP contribution < -0.4 is 0 Å². The fraction of sp³-hybridized carbons (Fsp3) is 0.0769. The fourth-order valence-corrected chi connectivity index (χ4v) is 4.07. The molecule has 0 saturated heterocycles. The third-order valence-corrected chi connectivity index (χ3v) is 5.29. The minimum atomic E-state index is -3.64. The van der Waals surface area contributed by atoms with Crippen molar-refractivity contribution in [3.05, 3.63) is 39.9 Å². The molecule has 0 saturated carbocycles. The molecule has 0 fully saturated rings. The smallest absolute Gasteiger partial charge is 0.283 e. The summed E-state index contributed by atoms with van der Waals surface area (Å²) in [6.45, 7) is 0. The van der Waals surface area contributed by atoms with Crippen LogP contribution in [0.15, 0.2) is 43.7 Å². The van der Waals surface area contributed by atoms with E-state index in [1.165, 1.54) is 6.08 Å². The van der Waals surface area contributed by atoms with Crippen molar-refractivity contribution in [1.29, 1.82) is 5.41 Å². The van der Waals surface area contributed by atoms with Crippen LogP contribution in [-0.4, -0.2) is 41.7 Å². The SMILES string of the molecule is CS(=O)(=O)C1=NSC2=NC(=O)/C(=C\c3ccc(Br)cc3)C(=N)N21. The highest BCUT2D eigenvalue weighted by Gasteiger charge is 2.41. The lowest BCUT2D eigenvalue weighted by Gasteiger charge is -2.23. The van der Waals surface area contributed by atoms with Crippen molar-refractivity contribution in [3.8, 4) is 0 Å². The summed E-state index contributed by atoms with van der Waals surface area (Å²) in [6.07, 6.45) is 2.50. The van der Waals surface area contributed by atoms with Gasteiger partial charge in [0.15, 0.2) is 0 Å². The summed E-state index contributed by atoms with van der Waals surface area (Å²) in [5.41, 5.74) is 0.708. The molecular weight excluding hydrogens is 404 g/mol. The summed E-state index contributed by atoms with van der Waals surface area (Å²) in [6, 6.07) is 7.13. The van der Waals surface area contributed by atoms with E-state index in [1.807, 2.05) is 0 Å². The Morgan fingerprint density at radius 2 is 1.96 bits per heavy atom. The molecule has 0 atom stereocenters. The van der Waals surface area contributed by atoms with Crippen LogP contribution in [0.2, 0.25) is 0 Å². The van der Waals surface area contributed by atoms with Gasteiger partial charge in [-0.2, -0.15) is 9.39 Å². The van der Waals surface area contributed by atoms with Crippen molar-refractivity contribution in [2.45, 2.75) is 0 Å². The number of nitrogens with one attached hydrogen (secondary N) is 1. The molecule has 0 bridgehead atoms. The molecule has 10 heteroatoms. The van der Waals surface area contributed by atoms with Gasteiger partial charge in [-0.15, -0.1) is 0 Å². The monoisotopic (exact) mass is 412 g/mol. The van der Waals surface area contributed by atoms with Crippen molar-refractivity contribution in [1.82, 2.24) is 4.90 Å². The van der Waals surface area contributed by atoms with E-state index in [4.69, 9.17) is 5.41 Å². The standard InChI is InChI=1S/C13H9BrN4O3S2/c1-23(20,21)13-17-22-12-16-11(19)9(10(15)18(12)13)6-7-2-4-8(14)5-3-7/h2-6,15H,1H3/b9-6-,15-10?. The van der Waals surface area contributed by atoms with Crippen molar-refractivity contribution >= 4 is 65.9 Å². The minimum absolute atomic E-state index is 0.00919. The summed E-state index contributed by atoms with van der Waals surface area (Å²) in [7, 11) is -3.64. The summed E-state index contributed by atoms with van der Waals surface area (Å²) in [5.74, 6) is -0.848. The Morgan fingerprint density at radius 1 is 1.30 bits per heavy atom. The summed E-state index contributed by atoms with van der Waals surface area (Å²) >= 11 is 4.08. The molecule has 2 heterocycles. The molecule has 0 aromatic heterocycles. The third kappa shape index (κ3) is 3.01. The number of aliphatic imine (C=N–C) groups is 1. The number of halogens is 1. The van der Waals surface area contributed by atoms with Crippen molar-refractivity contribution in [3.63, 3.8) is 0 Å². The average molecular weight is 413 g/mol. The van der Waals surface area contributed by atoms with Gasteiger partial charge < -0.3 is 0 Å². The Balaban J connectivity index is 2.05. The Hall–Kier alpha value is -1.78. The number of amides is 1. The van der Waals surface area contributed by atoms with Gasteiger partial charge in [-0.25, -0.2) is 13.3 Å². The highest BCUT2D eigenvalue weighted by atomic mass is 79.9. The Kier molecular flexibility index (Phi) is 3.98. The lowest BCUT2D eigenvalue weighted by Crippen LogP contribution is -2.45. The van der Waals surface area contributed by atoms with Crippen LogP contribution in [0.3, 0.4) is 0 Å². The maximum atomic E-state index is 12.1. The molecule has 118 valence electrons. The van der Waals surface area contributed by atoms with Gasteiger partial charge in [0.25, 0.3) is 5.91 Å². The van der Waals surface area contributed by atoms with Crippen LogP contribution in [0.4, 0.5) is 0 Å². The molecule has 2 aliphatic heterocycles. The maximum absolute atomic E-state index is 12.1. The van der Waals surface area contributed by atoms with Gasteiger partial charge in [-0.1, -0.05) is 28.1 Å². The molecule has 0 aliphatic carbocycles. The van der Waals surface area contributed by atoms with Crippen LogP contribution in [0.5, 0.6) is 0 Å². The first-order chi connectivity index (χ1) is 10.8. The zero-order valence-corrected chi connectivity index (χ0v) is 14.9. The molecule has 1 aromatic carbocycles. The fourth-order valence-electron chi connectivity index (χ4n) is 1.96. The number of fused-ring (bicyclic) bond motifs is 1. The van der Waals surface area contributed by atoms with E-state index in [0.29, 0.717) is 5.56 Å². The van der Waals surface area contributed by atoms with E-state index in [0.717, 1.165) is 27.6 Å². The van der Waals surface area contributed by atoms with Gasteiger partial charge in [0.1, 0.15) is 5.84 Å². The van der Waals surface area contributed by atoms with Crippen LogP contribution in [0.1, 0.15) is 5.56 Å². The molecular formula is C13H9BrN4O3S2. The van der Waals surface area contributed by atoms with E-state index in [9.17, 15) is 13.2 Å². The van der Waals surface area contributed by atoms with E-state index in [2.05, 4.69) is 25.3 Å². The van der Waals surface area contributed by atoms with Gasteiger partial charge in [-0.3, -0.25) is 10.2 Å². The molecule has 0 unspecified atom stereocenters. The first-order valence-corrected chi connectivity index (χ1v) is 9.67. The number of sulfone groups is 1. The normalized spacial score (nSPS) is 19.7. The number of hydrogen-bond donors (Lipinski definition) is 1. The molecule has 0 spiro atoms. The van der Waals surface area contributed by atoms with Crippen LogP contribution in [-0.2, 0) is 14.6 Å². The molecule has 23 heavy (non-hydrogen) atoms. The zero-order chi connectivity index (χ0) is 16.8. The lowest BCUT2D eigenvalue weighted by atomic mass is 10.1. The van der Waals surface area contributed by atoms with Crippen molar-refractivity contribution in [2.75, 3.05) is 6.26 Å². The number of benzene rings is 1. The second-order valence-corrected chi connectivity index (χ2v) is 8.29. The van der Waals surface area contributed by atoms with Gasteiger partial charge in [0, 0.05) is 10.7 Å². The summed E-state index contributed by atoms with van der Waals surface area (Å²) in [4.78, 5) is 17.0. The van der Waals surface area contributed by atoms with E-state index < -0.39 is 15.7 Å². The van der Waals surface area contributed by atoms with Gasteiger partial charge >= 0.3 is 0 Å². The third-order valence-electron chi connectivity index (χ3n) is 3.01. The highest BCUT2D eigenvalue weighted by molar-refractivity contribution is 9.10. The Labute approximate surface area is 144 Å².